The Hall–Kier alpha value is -2.61. The number of hydrogen-bond acceptors (Lipinski definition) is 4. The second kappa shape index (κ2) is 3.98. The molecule has 110 valence electrons. The van der Waals surface area contributed by atoms with E-state index in [0.29, 0.717) is 17.6 Å². The topological polar surface area (TPSA) is 77.2 Å². The molecular weight excluding hydrogens is 278 g/mol. The van der Waals surface area contributed by atoms with Gasteiger partial charge in [-0.25, -0.2) is 0 Å². The number of piperidine rings is 1. The van der Waals surface area contributed by atoms with Crippen LogP contribution < -0.4 is 4.90 Å². The van der Waals surface area contributed by atoms with E-state index in [1.807, 2.05) is 25.1 Å². The number of aliphatic carboxylic acids is 1. The van der Waals surface area contributed by atoms with Gasteiger partial charge >= 0.3 is 5.97 Å². The molecule has 0 spiro atoms. The van der Waals surface area contributed by atoms with Gasteiger partial charge in [-0.3, -0.25) is 9.78 Å². The SMILES string of the molecule is CC12CN(c3ccc(C#N)c4ncccc34)CC1(C(=O)O)C2. The molecule has 22 heavy (non-hydrogen) atoms. The molecule has 2 atom stereocenters. The van der Waals surface area contributed by atoms with Crippen molar-refractivity contribution in [1.82, 2.24) is 4.98 Å². The zero-order valence-corrected chi connectivity index (χ0v) is 12.2. The fourth-order valence-electron chi connectivity index (χ4n) is 3.97. The quantitative estimate of drug-likeness (QED) is 0.920. The maximum atomic E-state index is 11.6. The standard InChI is InChI=1S/C17H15N3O2/c1-16-8-17(16,15(21)22)10-20(9-16)13-5-4-11(7-18)14-12(13)3-2-6-19-14/h2-6H,8-10H2,1H3,(H,21,22). The van der Waals surface area contributed by atoms with Gasteiger partial charge in [0.2, 0.25) is 0 Å². The molecule has 0 radical (unpaired) electrons. The van der Waals surface area contributed by atoms with E-state index in [0.717, 1.165) is 24.0 Å². The molecule has 1 saturated carbocycles. The molecule has 0 amide bonds. The lowest BCUT2D eigenvalue weighted by atomic mass is 9.99. The van der Waals surface area contributed by atoms with E-state index in [-0.39, 0.29) is 5.41 Å². The van der Waals surface area contributed by atoms with Crippen LogP contribution in [0.15, 0.2) is 30.5 Å². The number of aromatic nitrogens is 1. The Morgan fingerprint density at radius 1 is 1.41 bits per heavy atom. The maximum absolute atomic E-state index is 11.6. The zero-order chi connectivity index (χ0) is 15.5. The highest BCUT2D eigenvalue weighted by Crippen LogP contribution is 2.68. The lowest BCUT2D eigenvalue weighted by Crippen LogP contribution is -2.28. The Morgan fingerprint density at radius 2 is 2.23 bits per heavy atom. The van der Waals surface area contributed by atoms with Crippen LogP contribution in [0.4, 0.5) is 5.69 Å². The van der Waals surface area contributed by atoms with Crippen LogP contribution >= 0.6 is 0 Å². The number of nitrogens with zero attached hydrogens (tertiary/aromatic N) is 3. The van der Waals surface area contributed by atoms with Gasteiger partial charge in [0, 0.05) is 35.8 Å². The average molecular weight is 293 g/mol. The largest absolute Gasteiger partial charge is 0.481 e. The summed E-state index contributed by atoms with van der Waals surface area (Å²) in [6, 6.07) is 9.63. The summed E-state index contributed by atoms with van der Waals surface area (Å²) >= 11 is 0. The Morgan fingerprint density at radius 3 is 2.91 bits per heavy atom. The summed E-state index contributed by atoms with van der Waals surface area (Å²) in [5.74, 6) is -0.700. The van der Waals surface area contributed by atoms with Crippen LogP contribution in [0.5, 0.6) is 0 Å². The summed E-state index contributed by atoms with van der Waals surface area (Å²) in [4.78, 5) is 18.1. The number of carbonyl (C=O) groups is 1. The van der Waals surface area contributed by atoms with Crippen molar-refractivity contribution in [3.05, 3.63) is 36.0 Å². The number of hydrogen-bond donors (Lipinski definition) is 1. The molecule has 2 heterocycles. The van der Waals surface area contributed by atoms with Crippen LogP contribution in [-0.2, 0) is 4.79 Å². The summed E-state index contributed by atoms with van der Waals surface area (Å²) < 4.78 is 0. The van der Waals surface area contributed by atoms with Gasteiger partial charge in [-0.1, -0.05) is 6.92 Å². The van der Waals surface area contributed by atoms with Crippen LogP contribution in [0.3, 0.4) is 0 Å². The molecule has 1 aromatic carbocycles. The summed E-state index contributed by atoms with van der Waals surface area (Å²) in [6.07, 6.45) is 2.42. The fourth-order valence-corrected chi connectivity index (χ4v) is 3.97. The Kier molecular flexibility index (Phi) is 2.37. The van der Waals surface area contributed by atoms with Crippen molar-refractivity contribution in [3.63, 3.8) is 0 Å². The van der Waals surface area contributed by atoms with Crippen molar-refractivity contribution in [1.29, 1.82) is 5.26 Å². The molecule has 5 heteroatoms. The highest BCUT2D eigenvalue weighted by Gasteiger charge is 2.74. The van der Waals surface area contributed by atoms with E-state index >= 15 is 0 Å². The number of fused-ring (bicyclic) bond motifs is 2. The van der Waals surface area contributed by atoms with E-state index in [4.69, 9.17) is 0 Å². The second-order valence-electron chi connectivity index (χ2n) is 6.62. The predicted molar refractivity (Wildman–Crippen MR) is 81.5 cm³/mol. The molecule has 1 aliphatic heterocycles. The number of anilines is 1. The first kappa shape index (κ1) is 13.1. The number of pyridine rings is 1. The molecule has 2 aliphatic rings. The van der Waals surface area contributed by atoms with Crippen molar-refractivity contribution >= 4 is 22.6 Å². The zero-order valence-electron chi connectivity index (χ0n) is 12.2. The monoisotopic (exact) mass is 293 g/mol. The predicted octanol–water partition coefficient (Wildman–Crippen LogP) is 2.41. The van der Waals surface area contributed by atoms with E-state index in [1.165, 1.54) is 0 Å². The maximum Gasteiger partial charge on any atom is 0.312 e. The normalized spacial score (nSPS) is 29.2. The molecule has 1 N–H and O–H groups in total. The van der Waals surface area contributed by atoms with Gasteiger partial charge in [-0.15, -0.1) is 0 Å². The number of carboxylic acids is 1. The van der Waals surface area contributed by atoms with E-state index < -0.39 is 11.4 Å². The molecule has 0 bridgehead atoms. The minimum Gasteiger partial charge on any atom is -0.481 e. The lowest BCUT2D eigenvalue weighted by molar-refractivity contribution is -0.143. The molecular formula is C17H15N3O2. The summed E-state index contributed by atoms with van der Waals surface area (Å²) in [5, 5.41) is 19.7. The van der Waals surface area contributed by atoms with Gasteiger partial charge in [-0.05, 0) is 30.7 Å². The minimum atomic E-state index is -0.700. The van der Waals surface area contributed by atoms with Crippen molar-refractivity contribution in [2.24, 2.45) is 10.8 Å². The van der Waals surface area contributed by atoms with Crippen molar-refractivity contribution < 1.29 is 9.90 Å². The number of benzene rings is 1. The van der Waals surface area contributed by atoms with E-state index in [1.54, 1.807) is 12.3 Å². The molecule has 2 fully saturated rings. The second-order valence-corrected chi connectivity index (χ2v) is 6.62. The van der Waals surface area contributed by atoms with E-state index in [9.17, 15) is 15.2 Å². The number of nitriles is 1. The van der Waals surface area contributed by atoms with Gasteiger partial charge in [0.15, 0.2) is 0 Å². The molecule has 4 rings (SSSR count). The summed E-state index contributed by atoms with van der Waals surface area (Å²) in [7, 11) is 0. The third-order valence-electron chi connectivity index (χ3n) is 5.34. The van der Waals surface area contributed by atoms with Crippen molar-refractivity contribution in [3.8, 4) is 6.07 Å². The molecule has 5 nitrogen and oxygen atoms in total. The molecule has 1 aromatic heterocycles. The van der Waals surface area contributed by atoms with Gasteiger partial charge in [0.05, 0.1) is 16.5 Å². The van der Waals surface area contributed by atoms with Crippen LogP contribution in [0.1, 0.15) is 18.9 Å². The van der Waals surface area contributed by atoms with Crippen LogP contribution in [0.25, 0.3) is 10.9 Å². The Balaban J connectivity index is 1.82. The lowest BCUT2D eigenvalue weighted by Gasteiger charge is -2.24. The average Bonchev–Trinajstić information content (AvgIpc) is 3.00. The van der Waals surface area contributed by atoms with Gasteiger partial charge in [0.25, 0.3) is 0 Å². The number of carboxylic acid groups (broad SMARTS) is 1. The smallest absolute Gasteiger partial charge is 0.312 e. The summed E-state index contributed by atoms with van der Waals surface area (Å²) in [5.41, 5.74) is 1.42. The number of rotatable bonds is 2. The summed E-state index contributed by atoms with van der Waals surface area (Å²) in [6.45, 7) is 3.30. The third-order valence-corrected chi connectivity index (χ3v) is 5.34. The Labute approximate surface area is 127 Å². The van der Waals surface area contributed by atoms with E-state index in [2.05, 4.69) is 16.0 Å². The fraction of sp³-hybridized carbons (Fsp3) is 0.353. The van der Waals surface area contributed by atoms with Crippen LogP contribution in [0, 0.1) is 22.2 Å². The van der Waals surface area contributed by atoms with Crippen LogP contribution in [0.2, 0.25) is 0 Å². The molecule has 2 aromatic rings. The van der Waals surface area contributed by atoms with Crippen molar-refractivity contribution in [2.75, 3.05) is 18.0 Å². The van der Waals surface area contributed by atoms with Gasteiger partial charge in [0.1, 0.15) is 6.07 Å². The molecule has 1 aliphatic carbocycles. The van der Waals surface area contributed by atoms with Crippen molar-refractivity contribution in [2.45, 2.75) is 13.3 Å². The first-order chi connectivity index (χ1) is 10.5. The van der Waals surface area contributed by atoms with Gasteiger partial charge < -0.3 is 10.0 Å². The Bertz CT molecular complexity index is 857. The first-order valence-electron chi connectivity index (χ1n) is 7.27. The highest BCUT2D eigenvalue weighted by atomic mass is 16.4. The first-order valence-corrected chi connectivity index (χ1v) is 7.27. The highest BCUT2D eigenvalue weighted by molar-refractivity contribution is 5.96. The van der Waals surface area contributed by atoms with Crippen LogP contribution in [-0.4, -0.2) is 29.1 Å². The van der Waals surface area contributed by atoms with Gasteiger partial charge in [-0.2, -0.15) is 5.26 Å². The minimum absolute atomic E-state index is 0.152. The third kappa shape index (κ3) is 1.47. The molecule has 1 saturated heterocycles. The molecule has 2 unspecified atom stereocenters.